The highest BCUT2D eigenvalue weighted by Gasteiger charge is 2.25. The molecule has 1 aliphatic carbocycles. The minimum atomic E-state index is -0.585. The fourth-order valence-corrected chi connectivity index (χ4v) is 4.64. The van der Waals surface area contributed by atoms with Gasteiger partial charge >= 0.3 is 5.97 Å². The maximum Gasteiger partial charge on any atom is 0.341 e. The van der Waals surface area contributed by atoms with Crippen molar-refractivity contribution in [3.05, 3.63) is 47.5 Å². The number of esters is 1. The maximum absolute atomic E-state index is 14.7. The largest absolute Gasteiger partial charge is 0.459 e. The minimum absolute atomic E-state index is 0.0170. The third-order valence-corrected chi connectivity index (χ3v) is 6.75. The highest BCUT2D eigenvalue weighted by molar-refractivity contribution is 5.90. The molecule has 2 aromatic rings. The average molecular weight is 455 g/mol. The summed E-state index contributed by atoms with van der Waals surface area (Å²) in [6.45, 7) is 4.41. The van der Waals surface area contributed by atoms with Crippen molar-refractivity contribution < 1.29 is 13.9 Å². The summed E-state index contributed by atoms with van der Waals surface area (Å²) in [6, 6.07) is 4.51. The number of hydrogen-bond donors (Lipinski definition) is 0. The molecule has 0 atom stereocenters. The van der Waals surface area contributed by atoms with Crippen molar-refractivity contribution in [1.29, 1.82) is 0 Å². The summed E-state index contributed by atoms with van der Waals surface area (Å²) in [5.74, 6) is 0.0477. The Morgan fingerprint density at radius 3 is 2.33 bits per heavy atom. The van der Waals surface area contributed by atoms with Crippen LogP contribution in [0.2, 0.25) is 0 Å². The zero-order valence-corrected chi connectivity index (χ0v) is 20.3. The Morgan fingerprint density at radius 1 is 0.970 bits per heavy atom. The van der Waals surface area contributed by atoms with Crippen LogP contribution in [0.3, 0.4) is 0 Å². The SMILES string of the molecule is CCCCCCC1CCC(OC(=O)c2ccc(-c3ncc(CCCCC)cn3)cc2F)CC1. The zero-order chi connectivity index (χ0) is 23.5. The van der Waals surface area contributed by atoms with Crippen molar-refractivity contribution in [1.82, 2.24) is 9.97 Å². The minimum Gasteiger partial charge on any atom is -0.459 e. The highest BCUT2D eigenvalue weighted by atomic mass is 19.1. The Morgan fingerprint density at radius 2 is 1.67 bits per heavy atom. The lowest BCUT2D eigenvalue weighted by Crippen LogP contribution is -2.25. The molecule has 1 aromatic carbocycles. The van der Waals surface area contributed by atoms with Crippen LogP contribution in [0.25, 0.3) is 11.4 Å². The third-order valence-electron chi connectivity index (χ3n) is 6.75. The summed E-state index contributed by atoms with van der Waals surface area (Å²) in [7, 11) is 0. The number of halogens is 1. The van der Waals surface area contributed by atoms with E-state index < -0.39 is 11.8 Å². The van der Waals surface area contributed by atoms with E-state index in [4.69, 9.17) is 4.74 Å². The van der Waals surface area contributed by atoms with Gasteiger partial charge in [0.25, 0.3) is 0 Å². The first-order valence-electron chi connectivity index (χ1n) is 12.9. The van der Waals surface area contributed by atoms with E-state index in [-0.39, 0.29) is 11.7 Å². The summed E-state index contributed by atoms with van der Waals surface area (Å²) in [5.41, 5.74) is 1.63. The fourth-order valence-electron chi connectivity index (χ4n) is 4.64. The van der Waals surface area contributed by atoms with Crippen LogP contribution in [-0.2, 0) is 11.2 Å². The van der Waals surface area contributed by atoms with Gasteiger partial charge in [-0.25, -0.2) is 19.2 Å². The fraction of sp³-hybridized carbons (Fsp3) is 0.607. The second-order valence-corrected chi connectivity index (χ2v) is 9.46. The van der Waals surface area contributed by atoms with Gasteiger partial charge in [-0.3, -0.25) is 0 Å². The molecule has 0 bridgehead atoms. The van der Waals surface area contributed by atoms with Gasteiger partial charge in [-0.2, -0.15) is 0 Å². The molecule has 5 heteroatoms. The molecule has 1 aromatic heterocycles. The topological polar surface area (TPSA) is 52.1 Å². The van der Waals surface area contributed by atoms with Crippen LogP contribution in [0.15, 0.2) is 30.6 Å². The lowest BCUT2D eigenvalue weighted by Gasteiger charge is -2.28. The molecule has 1 heterocycles. The van der Waals surface area contributed by atoms with E-state index in [1.807, 2.05) is 0 Å². The number of unbranched alkanes of at least 4 members (excludes halogenated alkanes) is 5. The van der Waals surface area contributed by atoms with E-state index in [9.17, 15) is 9.18 Å². The summed E-state index contributed by atoms with van der Waals surface area (Å²) < 4.78 is 20.4. The first-order chi connectivity index (χ1) is 16.1. The maximum atomic E-state index is 14.7. The molecule has 0 amide bonds. The molecular formula is C28H39FN2O2. The number of carbonyl (C=O) groups excluding carboxylic acids is 1. The average Bonchev–Trinajstić information content (AvgIpc) is 2.83. The number of ether oxygens (including phenoxy) is 1. The Hall–Kier alpha value is -2.30. The normalized spacial score (nSPS) is 18.3. The quantitative estimate of drug-likeness (QED) is 0.243. The molecule has 0 radical (unpaired) electrons. The van der Waals surface area contributed by atoms with Gasteiger partial charge in [-0.1, -0.05) is 64.9 Å². The summed E-state index contributed by atoms with van der Waals surface area (Å²) in [4.78, 5) is 21.3. The Labute approximate surface area is 198 Å². The molecule has 0 spiro atoms. The van der Waals surface area contributed by atoms with Crippen LogP contribution in [-0.4, -0.2) is 22.0 Å². The molecule has 0 saturated heterocycles. The van der Waals surface area contributed by atoms with Crippen LogP contribution in [0, 0.1) is 11.7 Å². The number of carbonyl (C=O) groups is 1. The monoisotopic (exact) mass is 454 g/mol. The van der Waals surface area contributed by atoms with Crippen LogP contribution in [0.5, 0.6) is 0 Å². The zero-order valence-electron chi connectivity index (χ0n) is 20.3. The number of rotatable bonds is 12. The molecule has 1 fully saturated rings. The molecule has 33 heavy (non-hydrogen) atoms. The molecule has 0 unspecified atom stereocenters. The second kappa shape index (κ2) is 13.4. The van der Waals surface area contributed by atoms with Gasteiger partial charge in [-0.05, 0) is 62.1 Å². The van der Waals surface area contributed by atoms with Gasteiger partial charge in [0, 0.05) is 18.0 Å². The summed E-state index contributed by atoms with van der Waals surface area (Å²) >= 11 is 0. The second-order valence-electron chi connectivity index (χ2n) is 9.46. The van der Waals surface area contributed by atoms with E-state index in [0.717, 1.165) is 50.0 Å². The van der Waals surface area contributed by atoms with Crippen molar-refractivity contribution in [3.8, 4) is 11.4 Å². The van der Waals surface area contributed by atoms with Crippen LogP contribution in [0.1, 0.15) is 107 Å². The van der Waals surface area contributed by atoms with Gasteiger partial charge in [0.1, 0.15) is 11.9 Å². The molecule has 0 N–H and O–H groups in total. The Balaban J connectivity index is 1.50. The number of aryl methyl sites for hydroxylation is 1. The van der Waals surface area contributed by atoms with Crippen molar-refractivity contribution in [2.24, 2.45) is 5.92 Å². The van der Waals surface area contributed by atoms with Gasteiger partial charge in [0.05, 0.1) is 5.56 Å². The van der Waals surface area contributed by atoms with E-state index >= 15 is 0 Å². The predicted octanol–water partition coefficient (Wildman–Crippen LogP) is 7.70. The Bertz CT molecular complexity index is 861. The van der Waals surface area contributed by atoms with E-state index in [0.29, 0.717) is 11.4 Å². The molecule has 3 rings (SSSR count). The van der Waals surface area contributed by atoms with Crippen molar-refractivity contribution in [2.75, 3.05) is 0 Å². The van der Waals surface area contributed by atoms with Crippen molar-refractivity contribution in [2.45, 2.75) is 103 Å². The van der Waals surface area contributed by atoms with Gasteiger partial charge in [0.2, 0.25) is 0 Å². The molecule has 4 nitrogen and oxygen atoms in total. The standard InChI is InChI=1S/C28H39FN2O2/c1-3-5-7-9-10-21-12-15-24(16-13-21)33-28(32)25-17-14-23(18-26(25)29)27-30-19-22(20-31-27)11-8-6-4-2/h14,17-21,24H,3-13,15-16H2,1-2H3. The molecular weight excluding hydrogens is 415 g/mol. The predicted molar refractivity (Wildman–Crippen MR) is 131 cm³/mol. The summed E-state index contributed by atoms with van der Waals surface area (Å²) in [5, 5.41) is 0. The smallest absolute Gasteiger partial charge is 0.341 e. The molecule has 1 aliphatic rings. The van der Waals surface area contributed by atoms with Crippen LogP contribution >= 0.6 is 0 Å². The Kier molecular flexibility index (Phi) is 10.3. The number of nitrogens with zero attached hydrogens (tertiary/aromatic N) is 2. The summed E-state index contributed by atoms with van der Waals surface area (Å²) in [6.07, 6.45) is 18.3. The third kappa shape index (κ3) is 7.90. The number of benzene rings is 1. The van der Waals surface area contributed by atoms with Crippen LogP contribution in [0.4, 0.5) is 4.39 Å². The van der Waals surface area contributed by atoms with Gasteiger partial charge in [-0.15, -0.1) is 0 Å². The molecule has 1 saturated carbocycles. The van der Waals surface area contributed by atoms with Crippen molar-refractivity contribution in [3.63, 3.8) is 0 Å². The van der Waals surface area contributed by atoms with E-state index in [1.165, 1.54) is 57.1 Å². The lowest BCUT2D eigenvalue weighted by atomic mass is 9.84. The van der Waals surface area contributed by atoms with Crippen molar-refractivity contribution >= 4 is 5.97 Å². The number of hydrogen-bond acceptors (Lipinski definition) is 4. The van der Waals surface area contributed by atoms with E-state index in [1.54, 1.807) is 18.5 Å². The van der Waals surface area contributed by atoms with Gasteiger partial charge in [0.15, 0.2) is 5.82 Å². The molecule has 0 aliphatic heterocycles. The van der Waals surface area contributed by atoms with E-state index in [2.05, 4.69) is 23.8 Å². The number of aromatic nitrogens is 2. The van der Waals surface area contributed by atoms with Crippen LogP contribution < -0.4 is 0 Å². The first-order valence-corrected chi connectivity index (χ1v) is 12.9. The highest BCUT2D eigenvalue weighted by Crippen LogP contribution is 2.31. The first kappa shape index (κ1) is 25.3. The molecule has 180 valence electrons. The van der Waals surface area contributed by atoms with Gasteiger partial charge < -0.3 is 4.74 Å². The lowest BCUT2D eigenvalue weighted by molar-refractivity contribution is 0.0156.